The van der Waals surface area contributed by atoms with Crippen molar-refractivity contribution in [1.82, 2.24) is 0 Å². The molecule has 1 aromatic carbocycles. The summed E-state index contributed by atoms with van der Waals surface area (Å²) in [5.74, 6) is 0.250. The van der Waals surface area contributed by atoms with Crippen LogP contribution in [0.4, 0.5) is 5.69 Å². The number of carbonyl (C=O) groups is 2. The second kappa shape index (κ2) is 3.94. The van der Waals surface area contributed by atoms with Gasteiger partial charge in [-0.25, -0.2) is 0 Å². The van der Waals surface area contributed by atoms with E-state index in [4.69, 9.17) is 0 Å². The van der Waals surface area contributed by atoms with Crippen LogP contribution in [0.2, 0.25) is 0 Å². The molecule has 0 aromatic heterocycles. The summed E-state index contributed by atoms with van der Waals surface area (Å²) in [4.78, 5) is 25.2. The van der Waals surface area contributed by atoms with E-state index in [9.17, 15) is 9.59 Å². The Bertz CT molecular complexity index is 578. The van der Waals surface area contributed by atoms with Gasteiger partial charge in [0.25, 0.3) is 0 Å². The second-order valence-corrected chi connectivity index (χ2v) is 6.96. The molecule has 3 nitrogen and oxygen atoms in total. The zero-order valence-corrected chi connectivity index (χ0v) is 12.3. The largest absolute Gasteiger partial charge is 0.326 e. The van der Waals surface area contributed by atoms with E-state index in [0.717, 1.165) is 18.5 Å². The van der Waals surface area contributed by atoms with Gasteiger partial charge in [-0.2, -0.15) is 0 Å². The molecule has 0 aliphatic heterocycles. The molecule has 2 bridgehead atoms. The third-order valence-electron chi connectivity index (χ3n) is 6.17. The molecular weight excluding hydrogens is 250 g/mol. The van der Waals surface area contributed by atoms with Crippen molar-refractivity contribution in [3.05, 3.63) is 30.3 Å². The second-order valence-electron chi connectivity index (χ2n) is 6.96. The van der Waals surface area contributed by atoms with E-state index in [1.165, 1.54) is 0 Å². The van der Waals surface area contributed by atoms with Crippen LogP contribution in [0, 0.1) is 16.2 Å². The van der Waals surface area contributed by atoms with Gasteiger partial charge in [-0.1, -0.05) is 39.0 Å². The van der Waals surface area contributed by atoms with Crippen LogP contribution in [0.5, 0.6) is 0 Å². The van der Waals surface area contributed by atoms with Crippen LogP contribution in [0.1, 0.15) is 40.0 Å². The number of hydrogen-bond donors (Lipinski definition) is 1. The van der Waals surface area contributed by atoms with Gasteiger partial charge >= 0.3 is 0 Å². The summed E-state index contributed by atoms with van der Waals surface area (Å²) >= 11 is 0. The molecule has 2 fully saturated rings. The van der Waals surface area contributed by atoms with Crippen LogP contribution in [0.15, 0.2) is 30.3 Å². The van der Waals surface area contributed by atoms with Crippen molar-refractivity contribution in [2.45, 2.75) is 40.0 Å². The lowest BCUT2D eigenvalue weighted by molar-refractivity contribution is -0.131. The number of carbonyl (C=O) groups excluding carboxylic acids is 2. The summed E-state index contributed by atoms with van der Waals surface area (Å²) in [7, 11) is 0. The molecule has 20 heavy (non-hydrogen) atoms. The molecule has 0 spiro atoms. The Balaban J connectivity index is 1.94. The third-order valence-corrected chi connectivity index (χ3v) is 6.17. The first-order valence-electron chi connectivity index (χ1n) is 7.23. The van der Waals surface area contributed by atoms with Crippen molar-refractivity contribution in [3.63, 3.8) is 0 Å². The van der Waals surface area contributed by atoms with Crippen molar-refractivity contribution in [2.24, 2.45) is 16.2 Å². The van der Waals surface area contributed by atoms with Gasteiger partial charge < -0.3 is 5.32 Å². The maximum atomic E-state index is 12.8. The van der Waals surface area contributed by atoms with Gasteiger partial charge in [0.2, 0.25) is 5.91 Å². The van der Waals surface area contributed by atoms with Crippen LogP contribution in [0.25, 0.3) is 0 Å². The maximum Gasteiger partial charge on any atom is 0.231 e. The lowest BCUT2D eigenvalue weighted by Gasteiger charge is -2.38. The van der Waals surface area contributed by atoms with E-state index < -0.39 is 5.41 Å². The number of benzene rings is 1. The Hall–Kier alpha value is -1.64. The van der Waals surface area contributed by atoms with E-state index in [2.05, 4.69) is 19.2 Å². The molecule has 0 radical (unpaired) electrons. The number of Topliss-reactive ketones (excluding diaryl/α,β-unsaturated/α-hetero) is 1. The molecule has 2 aliphatic carbocycles. The fourth-order valence-corrected chi connectivity index (χ4v) is 4.13. The fourth-order valence-electron chi connectivity index (χ4n) is 4.13. The highest BCUT2D eigenvalue weighted by Gasteiger charge is 2.72. The minimum Gasteiger partial charge on any atom is -0.326 e. The van der Waals surface area contributed by atoms with Crippen LogP contribution in [0.3, 0.4) is 0 Å². The smallest absolute Gasteiger partial charge is 0.231 e. The van der Waals surface area contributed by atoms with E-state index in [0.29, 0.717) is 6.42 Å². The summed E-state index contributed by atoms with van der Waals surface area (Å²) in [5, 5.41) is 3.00. The first kappa shape index (κ1) is 13.3. The lowest BCUT2D eigenvalue weighted by Crippen LogP contribution is -2.43. The number of amides is 1. The normalized spacial score (nSPS) is 34.2. The van der Waals surface area contributed by atoms with E-state index in [-0.39, 0.29) is 22.5 Å². The number of anilines is 1. The topological polar surface area (TPSA) is 46.2 Å². The van der Waals surface area contributed by atoms with Crippen molar-refractivity contribution in [1.29, 1.82) is 0 Å². The number of rotatable bonds is 2. The quantitative estimate of drug-likeness (QED) is 0.896. The maximum absolute atomic E-state index is 12.8. The average Bonchev–Trinajstić information content (AvgIpc) is 2.70. The van der Waals surface area contributed by atoms with E-state index in [1.54, 1.807) is 0 Å². The number of ketones is 1. The predicted molar refractivity (Wildman–Crippen MR) is 78.3 cm³/mol. The van der Waals surface area contributed by atoms with Gasteiger partial charge in [-0.05, 0) is 30.4 Å². The highest BCUT2D eigenvalue weighted by molar-refractivity contribution is 6.04. The van der Waals surface area contributed by atoms with Gasteiger partial charge in [0, 0.05) is 17.5 Å². The Labute approximate surface area is 119 Å². The molecule has 2 atom stereocenters. The zero-order chi connectivity index (χ0) is 14.6. The Morgan fingerprint density at radius 3 is 2.25 bits per heavy atom. The minimum atomic E-state index is -0.547. The van der Waals surface area contributed by atoms with Gasteiger partial charge in [0.05, 0.1) is 5.41 Å². The molecule has 1 amide bonds. The summed E-state index contributed by atoms with van der Waals surface area (Å²) in [6.07, 6.45) is 2.01. The lowest BCUT2D eigenvalue weighted by atomic mass is 9.64. The molecule has 3 heteroatoms. The summed E-state index contributed by atoms with van der Waals surface area (Å²) < 4.78 is 0. The number of nitrogens with one attached hydrogen (secondary N) is 1. The van der Waals surface area contributed by atoms with Crippen molar-refractivity contribution < 1.29 is 9.59 Å². The molecule has 0 saturated heterocycles. The Morgan fingerprint density at radius 1 is 1.10 bits per heavy atom. The van der Waals surface area contributed by atoms with Gasteiger partial charge in [-0.3, -0.25) is 9.59 Å². The van der Waals surface area contributed by atoms with Crippen molar-refractivity contribution >= 4 is 17.4 Å². The standard InChI is InChI=1S/C17H21NO2/c1-15(2)16(3)9-10-17(15,11-13(16)19)14(20)18-12-7-5-4-6-8-12/h4-8H,9-11H2,1-3H3,(H,18,20)/t16-,17+/m1/s1. The Morgan fingerprint density at radius 2 is 1.75 bits per heavy atom. The van der Waals surface area contributed by atoms with E-state index in [1.807, 2.05) is 37.3 Å². The summed E-state index contributed by atoms with van der Waals surface area (Å²) in [6.45, 7) is 6.19. The van der Waals surface area contributed by atoms with E-state index >= 15 is 0 Å². The Kier molecular flexibility index (Phi) is 2.63. The zero-order valence-electron chi connectivity index (χ0n) is 12.3. The van der Waals surface area contributed by atoms with Crippen LogP contribution in [-0.4, -0.2) is 11.7 Å². The highest BCUT2D eigenvalue weighted by atomic mass is 16.2. The van der Waals surface area contributed by atoms with Crippen LogP contribution >= 0.6 is 0 Å². The molecule has 2 saturated carbocycles. The number of fused-ring (bicyclic) bond motifs is 2. The molecule has 2 aliphatic rings. The first-order chi connectivity index (χ1) is 9.33. The summed E-state index contributed by atoms with van der Waals surface area (Å²) in [5.41, 5.74) is -0.373. The predicted octanol–water partition coefficient (Wildman–Crippen LogP) is 3.41. The first-order valence-corrected chi connectivity index (χ1v) is 7.23. The van der Waals surface area contributed by atoms with Crippen molar-refractivity contribution in [3.8, 4) is 0 Å². The molecule has 106 valence electrons. The molecule has 1 N–H and O–H groups in total. The van der Waals surface area contributed by atoms with Crippen LogP contribution < -0.4 is 5.32 Å². The summed E-state index contributed by atoms with van der Waals surface area (Å²) in [6, 6.07) is 9.48. The third kappa shape index (κ3) is 1.41. The average molecular weight is 271 g/mol. The fraction of sp³-hybridized carbons (Fsp3) is 0.529. The van der Waals surface area contributed by atoms with Crippen LogP contribution in [-0.2, 0) is 9.59 Å². The SMILES string of the molecule is CC1(C)[C@@]2(C(=O)Nc3ccccc3)CC[C@]1(C)C(=O)C2. The highest BCUT2D eigenvalue weighted by Crippen LogP contribution is 2.70. The molecule has 3 rings (SSSR count). The van der Waals surface area contributed by atoms with Gasteiger partial charge in [-0.15, -0.1) is 0 Å². The molecular formula is C17H21NO2. The van der Waals surface area contributed by atoms with Gasteiger partial charge in [0.1, 0.15) is 5.78 Å². The van der Waals surface area contributed by atoms with Gasteiger partial charge in [0.15, 0.2) is 0 Å². The monoisotopic (exact) mass is 271 g/mol. The molecule has 1 aromatic rings. The number of hydrogen-bond acceptors (Lipinski definition) is 2. The molecule has 0 unspecified atom stereocenters. The molecule has 0 heterocycles. The minimum absolute atomic E-state index is 0.00303. The van der Waals surface area contributed by atoms with Crippen molar-refractivity contribution in [2.75, 3.05) is 5.32 Å². The number of para-hydroxylation sites is 1.